The standard InChI is InChI=1S/C18H23N3O3/c1-13-4-2-3-5-18(13)24-11-10-20-16-6-7-17(21(22)23)15-12-19-9-8-14(15)16/h6-9,12-13,18,20H,2-5,10-11H2,1H3. The van der Waals surface area contributed by atoms with Gasteiger partial charge >= 0.3 is 0 Å². The summed E-state index contributed by atoms with van der Waals surface area (Å²) in [6.07, 6.45) is 8.50. The van der Waals surface area contributed by atoms with Gasteiger partial charge < -0.3 is 10.1 Å². The Hall–Kier alpha value is -2.21. The van der Waals surface area contributed by atoms with Crippen LogP contribution < -0.4 is 5.32 Å². The predicted molar refractivity (Wildman–Crippen MR) is 94.3 cm³/mol. The molecule has 1 heterocycles. The lowest BCUT2D eigenvalue weighted by Crippen LogP contribution is -2.27. The molecule has 2 atom stereocenters. The third-order valence-corrected chi connectivity index (χ3v) is 4.77. The fourth-order valence-corrected chi connectivity index (χ4v) is 3.41. The molecule has 2 aromatic rings. The first kappa shape index (κ1) is 16.6. The molecule has 1 saturated carbocycles. The lowest BCUT2D eigenvalue weighted by atomic mass is 9.88. The van der Waals surface area contributed by atoms with Gasteiger partial charge in [-0.25, -0.2) is 0 Å². The van der Waals surface area contributed by atoms with Gasteiger partial charge in [0, 0.05) is 36.1 Å². The molecule has 128 valence electrons. The Kier molecular flexibility index (Phi) is 5.25. The van der Waals surface area contributed by atoms with E-state index < -0.39 is 0 Å². The summed E-state index contributed by atoms with van der Waals surface area (Å²) >= 11 is 0. The van der Waals surface area contributed by atoms with Crippen molar-refractivity contribution in [3.05, 3.63) is 40.7 Å². The number of fused-ring (bicyclic) bond motifs is 1. The van der Waals surface area contributed by atoms with Crippen molar-refractivity contribution in [3.8, 4) is 0 Å². The fraction of sp³-hybridized carbons (Fsp3) is 0.500. The van der Waals surface area contributed by atoms with E-state index in [1.165, 1.54) is 25.3 Å². The smallest absolute Gasteiger partial charge is 0.278 e. The first-order chi connectivity index (χ1) is 11.7. The minimum absolute atomic E-state index is 0.0796. The van der Waals surface area contributed by atoms with Crippen molar-refractivity contribution < 1.29 is 9.66 Å². The van der Waals surface area contributed by atoms with Crippen LogP contribution in [0.3, 0.4) is 0 Å². The largest absolute Gasteiger partial charge is 0.382 e. The molecule has 1 aromatic carbocycles. The average molecular weight is 329 g/mol. The summed E-state index contributed by atoms with van der Waals surface area (Å²) < 4.78 is 6.01. The highest BCUT2D eigenvalue weighted by molar-refractivity contribution is 5.99. The van der Waals surface area contributed by atoms with Gasteiger partial charge in [-0.3, -0.25) is 15.1 Å². The van der Waals surface area contributed by atoms with E-state index in [0.29, 0.717) is 30.6 Å². The number of non-ortho nitro benzene ring substituents is 1. The molecule has 6 nitrogen and oxygen atoms in total. The van der Waals surface area contributed by atoms with Crippen molar-refractivity contribution in [3.63, 3.8) is 0 Å². The third kappa shape index (κ3) is 3.64. The highest BCUT2D eigenvalue weighted by Gasteiger charge is 2.21. The van der Waals surface area contributed by atoms with Crippen molar-refractivity contribution in [2.45, 2.75) is 38.7 Å². The van der Waals surface area contributed by atoms with Gasteiger partial charge in [0.2, 0.25) is 0 Å². The van der Waals surface area contributed by atoms with Crippen molar-refractivity contribution >= 4 is 22.1 Å². The Bertz CT molecular complexity index is 720. The number of pyridine rings is 1. The molecular weight excluding hydrogens is 306 g/mol. The van der Waals surface area contributed by atoms with Gasteiger partial charge in [-0.05, 0) is 30.9 Å². The van der Waals surface area contributed by atoms with Crippen molar-refractivity contribution in [1.29, 1.82) is 0 Å². The van der Waals surface area contributed by atoms with Crippen LogP contribution >= 0.6 is 0 Å². The van der Waals surface area contributed by atoms with Gasteiger partial charge in [0.15, 0.2) is 0 Å². The number of hydrogen-bond donors (Lipinski definition) is 1. The zero-order chi connectivity index (χ0) is 16.9. The van der Waals surface area contributed by atoms with E-state index in [4.69, 9.17) is 4.74 Å². The van der Waals surface area contributed by atoms with Gasteiger partial charge in [-0.2, -0.15) is 0 Å². The van der Waals surface area contributed by atoms with Crippen LogP contribution in [0.25, 0.3) is 10.8 Å². The monoisotopic (exact) mass is 329 g/mol. The first-order valence-electron chi connectivity index (χ1n) is 8.53. The molecule has 0 aliphatic heterocycles. The molecular formula is C18H23N3O3. The molecule has 3 rings (SSSR count). The summed E-state index contributed by atoms with van der Waals surface area (Å²) in [5.74, 6) is 0.630. The van der Waals surface area contributed by atoms with Crippen LogP contribution in [-0.4, -0.2) is 29.2 Å². The van der Waals surface area contributed by atoms with Gasteiger partial charge in [0.1, 0.15) is 0 Å². The van der Waals surface area contributed by atoms with E-state index in [1.807, 2.05) is 0 Å². The highest BCUT2D eigenvalue weighted by atomic mass is 16.6. The van der Waals surface area contributed by atoms with Crippen molar-refractivity contribution in [2.75, 3.05) is 18.5 Å². The second kappa shape index (κ2) is 7.57. The SMILES string of the molecule is CC1CCCCC1OCCNc1ccc([N+](=O)[O-])c2cnccc12. The van der Waals surface area contributed by atoms with Crippen LogP contribution in [0.4, 0.5) is 11.4 Å². The second-order valence-corrected chi connectivity index (χ2v) is 6.41. The van der Waals surface area contributed by atoms with Gasteiger partial charge in [0.05, 0.1) is 23.0 Å². The van der Waals surface area contributed by atoms with Crippen LogP contribution in [0.2, 0.25) is 0 Å². The van der Waals surface area contributed by atoms with Crippen molar-refractivity contribution in [1.82, 2.24) is 4.98 Å². The Morgan fingerprint density at radius 1 is 1.29 bits per heavy atom. The van der Waals surface area contributed by atoms with Gasteiger partial charge in [-0.15, -0.1) is 0 Å². The average Bonchev–Trinajstić information content (AvgIpc) is 2.59. The van der Waals surface area contributed by atoms with Crippen LogP contribution in [0, 0.1) is 16.0 Å². The predicted octanol–water partition coefficient (Wildman–Crippen LogP) is 4.15. The molecule has 24 heavy (non-hydrogen) atoms. The molecule has 1 fully saturated rings. The molecule has 6 heteroatoms. The Morgan fingerprint density at radius 3 is 2.92 bits per heavy atom. The summed E-state index contributed by atoms with van der Waals surface area (Å²) in [6.45, 7) is 3.57. The molecule has 0 radical (unpaired) electrons. The Morgan fingerprint density at radius 2 is 2.12 bits per heavy atom. The molecule has 1 aliphatic carbocycles. The normalized spacial score (nSPS) is 20.9. The maximum atomic E-state index is 11.1. The van der Waals surface area contributed by atoms with E-state index in [1.54, 1.807) is 24.5 Å². The first-order valence-corrected chi connectivity index (χ1v) is 8.53. The topological polar surface area (TPSA) is 77.3 Å². The number of anilines is 1. The minimum Gasteiger partial charge on any atom is -0.382 e. The van der Waals surface area contributed by atoms with E-state index >= 15 is 0 Å². The Labute approximate surface area is 141 Å². The summed E-state index contributed by atoms with van der Waals surface area (Å²) in [6, 6.07) is 5.08. The molecule has 2 unspecified atom stereocenters. The van der Waals surface area contributed by atoms with Crippen LogP contribution in [-0.2, 0) is 4.74 Å². The van der Waals surface area contributed by atoms with Crippen LogP contribution in [0.1, 0.15) is 32.6 Å². The fourth-order valence-electron chi connectivity index (χ4n) is 3.41. The van der Waals surface area contributed by atoms with Gasteiger partial charge in [0.25, 0.3) is 5.69 Å². The maximum absolute atomic E-state index is 11.1. The maximum Gasteiger partial charge on any atom is 0.278 e. The number of benzene rings is 1. The number of nitrogens with one attached hydrogen (secondary N) is 1. The number of nitro groups is 1. The van der Waals surface area contributed by atoms with E-state index in [-0.39, 0.29) is 10.6 Å². The minimum atomic E-state index is -0.374. The number of aromatic nitrogens is 1. The van der Waals surface area contributed by atoms with E-state index in [9.17, 15) is 10.1 Å². The molecule has 1 aromatic heterocycles. The quantitative estimate of drug-likeness (QED) is 0.489. The number of nitrogens with zero attached hydrogens (tertiary/aromatic N) is 2. The molecule has 1 aliphatic rings. The van der Waals surface area contributed by atoms with Crippen LogP contribution in [0.5, 0.6) is 0 Å². The summed E-state index contributed by atoms with van der Waals surface area (Å²) in [5, 5.41) is 15.8. The highest BCUT2D eigenvalue weighted by Crippen LogP contribution is 2.30. The van der Waals surface area contributed by atoms with Crippen LogP contribution in [0.15, 0.2) is 30.6 Å². The number of nitro benzene ring substituents is 1. The number of ether oxygens (including phenoxy) is 1. The number of rotatable bonds is 6. The lowest BCUT2D eigenvalue weighted by molar-refractivity contribution is -0.383. The summed E-state index contributed by atoms with van der Waals surface area (Å²) in [5.41, 5.74) is 0.953. The van der Waals surface area contributed by atoms with E-state index in [0.717, 1.165) is 17.5 Å². The zero-order valence-corrected chi connectivity index (χ0v) is 13.9. The van der Waals surface area contributed by atoms with Gasteiger partial charge in [-0.1, -0.05) is 19.8 Å². The summed E-state index contributed by atoms with van der Waals surface area (Å²) in [4.78, 5) is 14.8. The molecule has 1 N–H and O–H groups in total. The number of hydrogen-bond acceptors (Lipinski definition) is 5. The molecule has 0 bridgehead atoms. The van der Waals surface area contributed by atoms with E-state index in [2.05, 4.69) is 17.2 Å². The Balaban J connectivity index is 1.63. The molecule has 0 amide bonds. The second-order valence-electron chi connectivity index (χ2n) is 6.41. The third-order valence-electron chi connectivity index (χ3n) is 4.77. The lowest BCUT2D eigenvalue weighted by Gasteiger charge is -2.28. The summed E-state index contributed by atoms with van der Waals surface area (Å²) in [7, 11) is 0. The molecule has 0 spiro atoms. The zero-order valence-electron chi connectivity index (χ0n) is 13.9. The van der Waals surface area contributed by atoms with Crippen molar-refractivity contribution in [2.24, 2.45) is 5.92 Å². The molecule has 0 saturated heterocycles.